The summed E-state index contributed by atoms with van der Waals surface area (Å²) in [5, 5.41) is 3.20. The van der Waals surface area contributed by atoms with Crippen LogP contribution in [0.25, 0.3) is 0 Å². The molecule has 0 unspecified atom stereocenters. The monoisotopic (exact) mass is 366 g/mol. The van der Waals surface area contributed by atoms with E-state index in [1.165, 1.54) is 22.3 Å². The van der Waals surface area contributed by atoms with E-state index in [1.807, 2.05) is 18.2 Å². The van der Waals surface area contributed by atoms with Gasteiger partial charge in [-0.1, -0.05) is 37.3 Å². The third-order valence-electron chi connectivity index (χ3n) is 5.35. The van der Waals surface area contributed by atoms with Gasteiger partial charge in [-0.3, -0.25) is 9.69 Å². The summed E-state index contributed by atoms with van der Waals surface area (Å²) >= 11 is 0. The molecule has 0 saturated carbocycles. The second kappa shape index (κ2) is 9.16. The van der Waals surface area contributed by atoms with Gasteiger partial charge < -0.3 is 10.1 Å². The Morgan fingerprint density at radius 3 is 2.59 bits per heavy atom. The SMILES string of the molecule is CC[C@@H](NC(=O)c1cccc(CN2CCOCC2)c1)c1ccc(C)c(C)c1. The summed E-state index contributed by atoms with van der Waals surface area (Å²) in [7, 11) is 0. The van der Waals surface area contributed by atoms with E-state index in [9.17, 15) is 4.79 Å². The van der Waals surface area contributed by atoms with E-state index in [2.05, 4.69) is 55.3 Å². The van der Waals surface area contributed by atoms with Crippen molar-refractivity contribution in [2.45, 2.75) is 39.8 Å². The van der Waals surface area contributed by atoms with Crippen molar-refractivity contribution in [2.75, 3.05) is 26.3 Å². The minimum absolute atomic E-state index is 0.0103. The summed E-state index contributed by atoms with van der Waals surface area (Å²) in [5.74, 6) is -0.0103. The van der Waals surface area contributed by atoms with Crippen LogP contribution in [0.3, 0.4) is 0 Å². The predicted molar refractivity (Wildman–Crippen MR) is 109 cm³/mol. The largest absolute Gasteiger partial charge is 0.379 e. The highest BCUT2D eigenvalue weighted by Gasteiger charge is 2.16. The summed E-state index contributed by atoms with van der Waals surface area (Å²) in [6.07, 6.45) is 0.863. The lowest BCUT2D eigenvalue weighted by Crippen LogP contribution is -2.35. The Labute approximate surface area is 162 Å². The number of nitrogens with one attached hydrogen (secondary N) is 1. The number of aryl methyl sites for hydroxylation is 2. The molecule has 2 aromatic carbocycles. The second-order valence-electron chi connectivity index (χ2n) is 7.37. The standard InChI is InChI=1S/C23H30N2O2/c1-4-22(20-9-8-17(2)18(3)14-20)24-23(26)21-7-5-6-19(15-21)16-25-10-12-27-13-11-25/h5-9,14-15,22H,4,10-13,16H2,1-3H3,(H,24,26)/t22-/m1/s1. The first kappa shape index (κ1) is 19.6. The number of hydrogen-bond acceptors (Lipinski definition) is 3. The Morgan fingerprint density at radius 1 is 1.11 bits per heavy atom. The van der Waals surface area contributed by atoms with Gasteiger partial charge >= 0.3 is 0 Å². The lowest BCUT2D eigenvalue weighted by Gasteiger charge is -2.26. The first-order valence-electron chi connectivity index (χ1n) is 9.84. The zero-order chi connectivity index (χ0) is 19.2. The number of benzene rings is 2. The fourth-order valence-electron chi connectivity index (χ4n) is 3.47. The molecule has 2 aromatic rings. The van der Waals surface area contributed by atoms with Gasteiger partial charge in [0.25, 0.3) is 5.91 Å². The molecule has 144 valence electrons. The van der Waals surface area contributed by atoms with Crippen LogP contribution in [0.2, 0.25) is 0 Å². The predicted octanol–water partition coefficient (Wildman–Crippen LogP) is 4.02. The van der Waals surface area contributed by atoms with E-state index < -0.39 is 0 Å². The van der Waals surface area contributed by atoms with Gasteiger partial charge in [-0.25, -0.2) is 0 Å². The van der Waals surface area contributed by atoms with Crippen molar-refractivity contribution in [1.29, 1.82) is 0 Å². The molecule has 27 heavy (non-hydrogen) atoms. The van der Waals surface area contributed by atoms with Gasteiger partial charge in [-0.15, -0.1) is 0 Å². The normalized spacial score (nSPS) is 16.1. The number of carbonyl (C=O) groups is 1. The van der Waals surface area contributed by atoms with Gasteiger partial charge in [-0.05, 0) is 54.7 Å². The summed E-state index contributed by atoms with van der Waals surface area (Å²) in [5.41, 5.74) is 5.59. The molecule has 0 spiro atoms. The maximum Gasteiger partial charge on any atom is 0.251 e. The zero-order valence-corrected chi connectivity index (χ0v) is 16.6. The topological polar surface area (TPSA) is 41.6 Å². The van der Waals surface area contributed by atoms with Crippen molar-refractivity contribution in [1.82, 2.24) is 10.2 Å². The minimum Gasteiger partial charge on any atom is -0.379 e. The number of carbonyl (C=O) groups excluding carboxylic acids is 1. The van der Waals surface area contributed by atoms with Crippen LogP contribution in [0.1, 0.15) is 52.0 Å². The summed E-state index contributed by atoms with van der Waals surface area (Å²) < 4.78 is 5.41. The zero-order valence-electron chi connectivity index (χ0n) is 16.6. The molecule has 3 rings (SSSR count). The Balaban J connectivity index is 1.68. The van der Waals surface area contributed by atoms with E-state index in [4.69, 9.17) is 4.74 Å². The molecule has 4 heteroatoms. The van der Waals surface area contributed by atoms with Crippen LogP contribution >= 0.6 is 0 Å². The lowest BCUT2D eigenvalue weighted by atomic mass is 9.99. The molecule has 1 aliphatic heterocycles. The number of morpholine rings is 1. The van der Waals surface area contributed by atoms with Crippen LogP contribution in [-0.2, 0) is 11.3 Å². The number of ether oxygens (including phenoxy) is 1. The van der Waals surface area contributed by atoms with Crippen LogP contribution in [0.5, 0.6) is 0 Å². The molecule has 0 radical (unpaired) electrons. The van der Waals surface area contributed by atoms with Gasteiger partial charge in [-0.2, -0.15) is 0 Å². The molecule has 1 saturated heterocycles. The second-order valence-corrected chi connectivity index (χ2v) is 7.37. The third-order valence-corrected chi connectivity index (χ3v) is 5.35. The van der Waals surface area contributed by atoms with E-state index in [0.717, 1.165) is 44.8 Å². The fourth-order valence-corrected chi connectivity index (χ4v) is 3.47. The molecule has 4 nitrogen and oxygen atoms in total. The van der Waals surface area contributed by atoms with Crippen molar-refractivity contribution in [3.8, 4) is 0 Å². The van der Waals surface area contributed by atoms with Crippen LogP contribution in [0.4, 0.5) is 0 Å². The van der Waals surface area contributed by atoms with Crippen molar-refractivity contribution in [3.05, 3.63) is 70.3 Å². The van der Waals surface area contributed by atoms with Gasteiger partial charge in [0.2, 0.25) is 0 Å². The molecule has 1 atom stereocenters. The smallest absolute Gasteiger partial charge is 0.251 e. The van der Waals surface area contributed by atoms with Crippen molar-refractivity contribution >= 4 is 5.91 Å². The summed E-state index contributed by atoms with van der Waals surface area (Å²) in [6.45, 7) is 10.7. The van der Waals surface area contributed by atoms with Crippen molar-refractivity contribution in [2.24, 2.45) is 0 Å². The van der Waals surface area contributed by atoms with Crippen LogP contribution in [0.15, 0.2) is 42.5 Å². The van der Waals surface area contributed by atoms with E-state index >= 15 is 0 Å². The Bertz CT molecular complexity index is 782. The van der Waals surface area contributed by atoms with E-state index in [-0.39, 0.29) is 11.9 Å². The van der Waals surface area contributed by atoms with Gasteiger partial charge in [0, 0.05) is 25.2 Å². The molecule has 0 aliphatic carbocycles. The Morgan fingerprint density at radius 2 is 1.89 bits per heavy atom. The maximum absolute atomic E-state index is 12.8. The molecule has 1 amide bonds. The first-order chi connectivity index (χ1) is 13.1. The summed E-state index contributed by atoms with van der Waals surface area (Å²) in [6, 6.07) is 14.4. The molecular weight excluding hydrogens is 336 g/mol. The molecule has 1 aliphatic rings. The Kier molecular flexibility index (Phi) is 6.64. The molecule has 1 N–H and O–H groups in total. The van der Waals surface area contributed by atoms with Crippen LogP contribution < -0.4 is 5.32 Å². The molecule has 1 heterocycles. The minimum atomic E-state index is -0.0103. The van der Waals surface area contributed by atoms with E-state index in [1.54, 1.807) is 0 Å². The highest BCUT2D eigenvalue weighted by molar-refractivity contribution is 5.94. The number of hydrogen-bond donors (Lipinski definition) is 1. The van der Waals surface area contributed by atoms with E-state index in [0.29, 0.717) is 0 Å². The fraction of sp³-hybridized carbons (Fsp3) is 0.435. The first-order valence-corrected chi connectivity index (χ1v) is 9.84. The highest BCUT2D eigenvalue weighted by Crippen LogP contribution is 2.21. The van der Waals surface area contributed by atoms with Crippen molar-refractivity contribution < 1.29 is 9.53 Å². The van der Waals surface area contributed by atoms with Crippen LogP contribution in [0, 0.1) is 13.8 Å². The maximum atomic E-state index is 12.8. The molecule has 0 bridgehead atoms. The van der Waals surface area contributed by atoms with Crippen molar-refractivity contribution in [3.63, 3.8) is 0 Å². The number of nitrogens with zero attached hydrogens (tertiary/aromatic N) is 1. The third kappa shape index (κ3) is 5.18. The average molecular weight is 367 g/mol. The Hall–Kier alpha value is -2.17. The summed E-state index contributed by atoms with van der Waals surface area (Å²) in [4.78, 5) is 15.2. The van der Waals surface area contributed by atoms with Gasteiger partial charge in [0.05, 0.1) is 19.3 Å². The molecule has 1 fully saturated rings. The van der Waals surface area contributed by atoms with Crippen LogP contribution in [-0.4, -0.2) is 37.1 Å². The average Bonchev–Trinajstić information content (AvgIpc) is 2.69. The van der Waals surface area contributed by atoms with Gasteiger partial charge in [0.1, 0.15) is 0 Å². The number of amides is 1. The lowest BCUT2D eigenvalue weighted by molar-refractivity contribution is 0.0342. The molecular formula is C23H30N2O2. The van der Waals surface area contributed by atoms with Gasteiger partial charge in [0.15, 0.2) is 0 Å². The highest BCUT2D eigenvalue weighted by atomic mass is 16.5. The number of rotatable bonds is 6. The quantitative estimate of drug-likeness (QED) is 0.840. The molecule has 0 aromatic heterocycles.